The molecule has 8 radical (unpaired) electrons. The lowest BCUT2D eigenvalue weighted by Gasteiger charge is -1.62. The smallest absolute Gasteiger partial charge is 0.309 e. The molecule has 0 aliphatic heterocycles. The molecule has 0 bridgehead atoms. The summed E-state index contributed by atoms with van der Waals surface area (Å²) in [5.74, 6) is 0. The highest BCUT2D eigenvalue weighted by atomic mass is 28.1. The fourth-order valence-electron chi connectivity index (χ4n) is 0. The first-order valence-corrected chi connectivity index (χ1v) is 0.781. The highest BCUT2D eigenvalue weighted by Crippen LogP contribution is 1.25. The average Bonchev–Trinajstić information content (AvgIpc) is 0.811. The van der Waals surface area contributed by atoms with Crippen LogP contribution in [0.25, 0.3) is 0 Å². The summed E-state index contributed by atoms with van der Waals surface area (Å²) in [5.41, 5.74) is 8.50. The maximum atomic E-state index is 9.00. The molecule has 32 valence electrons. The number of carbonyl (C=O) groups is 1. The van der Waals surface area contributed by atoms with Crippen LogP contribution >= 0.6 is 0 Å². The van der Waals surface area contributed by atoms with Gasteiger partial charge >= 0.3 is 6.03 Å². The van der Waals surface area contributed by atoms with Crippen LogP contribution in [0.2, 0.25) is 0 Å². The van der Waals surface area contributed by atoms with E-state index in [1.165, 1.54) is 0 Å². The first-order chi connectivity index (χ1) is 1.73. The van der Waals surface area contributed by atoms with Crippen LogP contribution in [0, 0.1) is 0 Å². The molecule has 0 heterocycles. The molecule has 0 fully saturated rings. The summed E-state index contributed by atoms with van der Waals surface area (Å²) < 4.78 is 0. The summed E-state index contributed by atoms with van der Waals surface area (Å²) in [6.07, 6.45) is 0. The molecule has 0 atom stereocenters. The molecule has 6 heavy (non-hydrogen) atoms. The zero-order valence-corrected chi connectivity index (χ0v) is 5.06. The van der Waals surface area contributed by atoms with E-state index in [2.05, 4.69) is 11.5 Å². The molecule has 0 spiro atoms. The van der Waals surface area contributed by atoms with Crippen LogP contribution in [0.4, 0.5) is 4.79 Å². The molecule has 0 aromatic carbocycles. The van der Waals surface area contributed by atoms with Crippen LogP contribution in [-0.2, 0) is 0 Å². The van der Waals surface area contributed by atoms with Crippen molar-refractivity contribution < 1.29 is 4.79 Å². The number of amides is 2. The van der Waals surface area contributed by atoms with Gasteiger partial charge in [0.2, 0.25) is 0 Å². The molecular formula is CH4N2OSi2. The first-order valence-electron chi connectivity index (χ1n) is 0.781. The van der Waals surface area contributed by atoms with Crippen molar-refractivity contribution in [3.8, 4) is 0 Å². The minimum Gasteiger partial charge on any atom is -0.352 e. The molecule has 0 unspecified atom stereocenters. The van der Waals surface area contributed by atoms with Crippen LogP contribution < -0.4 is 11.5 Å². The van der Waals surface area contributed by atoms with E-state index in [-0.39, 0.29) is 21.9 Å². The molecular weight excluding hydrogens is 112 g/mol. The third-order valence-electron chi connectivity index (χ3n) is 0. The van der Waals surface area contributed by atoms with Gasteiger partial charge in [-0.2, -0.15) is 0 Å². The summed E-state index contributed by atoms with van der Waals surface area (Å²) in [7, 11) is 0. The number of hydrogen-bond acceptors (Lipinski definition) is 1. The van der Waals surface area contributed by atoms with Gasteiger partial charge in [0.15, 0.2) is 0 Å². The lowest BCUT2D eigenvalue weighted by atomic mass is 11.2. The largest absolute Gasteiger partial charge is 0.352 e. The van der Waals surface area contributed by atoms with Crippen molar-refractivity contribution in [2.75, 3.05) is 0 Å². The van der Waals surface area contributed by atoms with E-state index in [1.807, 2.05) is 0 Å². The Kier molecular flexibility index (Phi) is 25.4. The zero-order chi connectivity index (χ0) is 3.58. The topological polar surface area (TPSA) is 69.1 Å². The Bertz CT molecular complexity index is 34.5. The summed E-state index contributed by atoms with van der Waals surface area (Å²) in [4.78, 5) is 9.00. The Hall–Kier alpha value is -0.296. The predicted octanol–water partition coefficient (Wildman–Crippen LogP) is -1.74. The molecule has 0 aliphatic carbocycles. The van der Waals surface area contributed by atoms with Gasteiger partial charge in [-0.25, -0.2) is 4.79 Å². The Morgan fingerprint density at radius 1 is 1.17 bits per heavy atom. The average molecular weight is 116 g/mol. The lowest BCUT2D eigenvalue weighted by Crippen LogP contribution is -2.18. The number of nitrogens with two attached hydrogens (primary N) is 2. The van der Waals surface area contributed by atoms with Gasteiger partial charge in [-0.3, -0.25) is 0 Å². The monoisotopic (exact) mass is 116 g/mol. The minimum atomic E-state index is -0.833. The lowest BCUT2D eigenvalue weighted by molar-refractivity contribution is 0.256. The summed E-state index contributed by atoms with van der Waals surface area (Å²) >= 11 is 0. The predicted molar refractivity (Wildman–Crippen MR) is 25.3 cm³/mol. The van der Waals surface area contributed by atoms with Crippen LogP contribution in [0.15, 0.2) is 0 Å². The fourth-order valence-corrected chi connectivity index (χ4v) is 0. The Morgan fingerprint density at radius 2 is 1.17 bits per heavy atom. The minimum absolute atomic E-state index is 0. The van der Waals surface area contributed by atoms with Crippen molar-refractivity contribution in [1.82, 2.24) is 0 Å². The molecule has 3 nitrogen and oxygen atoms in total. The van der Waals surface area contributed by atoms with E-state index in [0.29, 0.717) is 0 Å². The number of primary amides is 2. The van der Waals surface area contributed by atoms with Gasteiger partial charge in [0.05, 0.1) is 0 Å². The summed E-state index contributed by atoms with van der Waals surface area (Å²) in [5, 5.41) is 0. The zero-order valence-electron chi connectivity index (χ0n) is 3.06. The SMILES string of the molecule is NC(N)=O.[Si].[Si]. The number of urea groups is 1. The highest BCUT2D eigenvalue weighted by Gasteiger charge is 1.60. The van der Waals surface area contributed by atoms with Crippen molar-refractivity contribution in [2.24, 2.45) is 11.5 Å². The molecule has 5 heteroatoms. The highest BCUT2D eigenvalue weighted by molar-refractivity contribution is 5.76. The molecule has 0 aliphatic rings. The Balaban J connectivity index is -0.0000000450. The van der Waals surface area contributed by atoms with E-state index < -0.39 is 6.03 Å². The second-order valence-corrected chi connectivity index (χ2v) is 0.402. The number of carbonyl (C=O) groups excluding carboxylic acids is 1. The third kappa shape index (κ3) is 309. The van der Waals surface area contributed by atoms with Gasteiger partial charge in [-0.05, 0) is 0 Å². The van der Waals surface area contributed by atoms with Crippen molar-refractivity contribution in [3.05, 3.63) is 0 Å². The van der Waals surface area contributed by atoms with Gasteiger partial charge < -0.3 is 11.5 Å². The normalized spacial score (nSPS) is 4.00. The maximum absolute atomic E-state index is 9.00. The van der Waals surface area contributed by atoms with Gasteiger partial charge in [0, 0.05) is 21.9 Å². The third-order valence-corrected chi connectivity index (χ3v) is 0. The van der Waals surface area contributed by atoms with Crippen molar-refractivity contribution in [2.45, 2.75) is 0 Å². The van der Waals surface area contributed by atoms with E-state index in [4.69, 9.17) is 4.79 Å². The number of hydrogen-bond donors (Lipinski definition) is 2. The number of rotatable bonds is 0. The second-order valence-electron chi connectivity index (χ2n) is 0.402. The van der Waals surface area contributed by atoms with E-state index >= 15 is 0 Å². The van der Waals surface area contributed by atoms with E-state index in [0.717, 1.165) is 0 Å². The van der Waals surface area contributed by atoms with Crippen LogP contribution in [0.5, 0.6) is 0 Å². The standard InChI is InChI=1S/CH4N2O.2Si/c2-1(3)4;;/h(H4,2,3,4);;. The summed E-state index contributed by atoms with van der Waals surface area (Å²) in [6, 6.07) is -0.833. The van der Waals surface area contributed by atoms with Crippen LogP contribution in [0.3, 0.4) is 0 Å². The van der Waals surface area contributed by atoms with Crippen molar-refractivity contribution in [3.63, 3.8) is 0 Å². The van der Waals surface area contributed by atoms with Crippen LogP contribution in [0.1, 0.15) is 0 Å². The molecule has 0 aromatic heterocycles. The fraction of sp³-hybridized carbons (Fsp3) is 0. The molecule has 4 N–H and O–H groups in total. The van der Waals surface area contributed by atoms with Crippen molar-refractivity contribution >= 4 is 28.0 Å². The maximum Gasteiger partial charge on any atom is 0.309 e. The Morgan fingerprint density at radius 3 is 1.17 bits per heavy atom. The van der Waals surface area contributed by atoms with E-state index in [1.54, 1.807) is 0 Å². The molecule has 0 saturated heterocycles. The second kappa shape index (κ2) is 8.83. The quantitative estimate of drug-likeness (QED) is 0.362. The Labute approximate surface area is 45.1 Å². The van der Waals surface area contributed by atoms with Crippen LogP contribution in [-0.4, -0.2) is 28.0 Å². The van der Waals surface area contributed by atoms with Gasteiger partial charge in [-0.1, -0.05) is 0 Å². The van der Waals surface area contributed by atoms with Crippen molar-refractivity contribution in [1.29, 1.82) is 0 Å². The molecule has 0 saturated carbocycles. The first kappa shape index (κ1) is 17.3. The molecule has 0 rings (SSSR count). The summed E-state index contributed by atoms with van der Waals surface area (Å²) in [6.45, 7) is 0. The molecule has 2 amide bonds. The molecule has 0 aromatic rings. The van der Waals surface area contributed by atoms with Gasteiger partial charge in [0.25, 0.3) is 0 Å². The van der Waals surface area contributed by atoms with E-state index in [9.17, 15) is 0 Å². The van der Waals surface area contributed by atoms with Gasteiger partial charge in [-0.15, -0.1) is 0 Å². The van der Waals surface area contributed by atoms with Gasteiger partial charge in [0.1, 0.15) is 0 Å².